The van der Waals surface area contributed by atoms with E-state index in [9.17, 15) is 0 Å². The summed E-state index contributed by atoms with van der Waals surface area (Å²) in [5.41, 5.74) is 3.74. The van der Waals surface area contributed by atoms with Crippen LogP contribution in [0.25, 0.3) is 0 Å². The van der Waals surface area contributed by atoms with Crippen LogP contribution in [0.4, 0.5) is 5.69 Å². The molecule has 0 spiro atoms. The summed E-state index contributed by atoms with van der Waals surface area (Å²) >= 11 is 1.72. The first-order valence-corrected chi connectivity index (χ1v) is 5.51. The first kappa shape index (κ1) is 9.34. The summed E-state index contributed by atoms with van der Waals surface area (Å²) in [4.78, 5) is 0. The number of thiophene rings is 1. The van der Waals surface area contributed by atoms with Gasteiger partial charge in [-0.1, -0.05) is 0 Å². The van der Waals surface area contributed by atoms with Crippen LogP contribution in [0, 0.1) is 13.8 Å². The number of furan rings is 1. The van der Waals surface area contributed by atoms with E-state index in [1.807, 2.05) is 13.0 Å². The number of hydrogen-bond donors (Lipinski definition) is 1. The van der Waals surface area contributed by atoms with E-state index in [1.165, 1.54) is 16.8 Å². The molecule has 0 fully saturated rings. The molecular weight excluding hydrogens is 194 g/mol. The Kier molecular flexibility index (Phi) is 2.59. The maximum absolute atomic E-state index is 5.23. The summed E-state index contributed by atoms with van der Waals surface area (Å²) < 4.78 is 5.23. The highest BCUT2D eigenvalue weighted by Crippen LogP contribution is 2.20. The second-order valence-electron chi connectivity index (χ2n) is 3.32. The summed E-state index contributed by atoms with van der Waals surface area (Å²) in [5.74, 6) is 0.991. The Bertz CT molecular complexity index is 376. The topological polar surface area (TPSA) is 25.2 Å². The molecule has 0 atom stereocenters. The number of nitrogens with one attached hydrogen (secondary N) is 1. The summed E-state index contributed by atoms with van der Waals surface area (Å²) in [6.45, 7) is 4.93. The van der Waals surface area contributed by atoms with E-state index < -0.39 is 0 Å². The Morgan fingerprint density at radius 1 is 1.36 bits per heavy atom. The van der Waals surface area contributed by atoms with E-state index in [0.717, 1.165) is 12.3 Å². The lowest BCUT2D eigenvalue weighted by molar-refractivity contribution is 0.530. The van der Waals surface area contributed by atoms with Crippen molar-refractivity contribution in [1.29, 1.82) is 0 Å². The molecule has 2 nitrogen and oxygen atoms in total. The fraction of sp³-hybridized carbons (Fsp3) is 0.273. The highest BCUT2D eigenvalue weighted by atomic mass is 32.1. The average Bonchev–Trinajstić information content (AvgIpc) is 2.72. The SMILES string of the molecule is Cc1cscc1NCc1ccoc1C. The van der Waals surface area contributed by atoms with Crippen molar-refractivity contribution in [1.82, 2.24) is 0 Å². The average molecular weight is 207 g/mol. The summed E-state index contributed by atoms with van der Waals surface area (Å²) in [6.07, 6.45) is 1.73. The van der Waals surface area contributed by atoms with Crippen molar-refractivity contribution in [2.45, 2.75) is 20.4 Å². The standard InChI is InChI=1S/C11H13NOS/c1-8-6-14-7-11(8)12-5-10-3-4-13-9(10)2/h3-4,6-7,12H,5H2,1-2H3. The van der Waals surface area contributed by atoms with Gasteiger partial charge in [-0.25, -0.2) is 0 Å². The molecule has 1 N–H and O–H groups in total. The van der Waals surface area contributed by atoms with Crippen molar-refractivity contribution >= 4 is 17.0 Å². The van der Waals surface area contributed by atoms with Crippen molar-refractivity contribution in [2.24, 2.45) is 0 Å². The molecule has 0 amide bonds. The molecule has 0 saturated carbocycles. The third kappa shape index (κ3) is 1.82. The van der Waals surface area contributed by atoms with Crippen LogP contribution in [0.1, 0.15) is 16.9 Å². The van der Waals surface area contributed by atoms with Gasteiger partial charge in [-0.15, -0.1) is 11.3 Å². The van der Waals surface area contributed by atoms with Gasteiger partial charge in [-0.2, -0.15) is 0 Å². The van der Waals surface area contributed by atoms with Crippen LogP contribution in [0.5, 0.6) is 0 Å². The molecule has 3 heteroatoms. The van der Waals surface area contributed by atoms with E-state index in [-0.39, 0.29) is 0 Å². The monoisotopic (exact) mass is 207 g/mol. The van der Waals surface area contributed by atoms with E-state index in [4.69, 9.17) is 4.42 Å². The van der Waals surface area contributed by atoms with Crippen molar-refractivity contribution in [3.8, 4) is 0 Å². The van der Waals surface area contributed by atoms with Crippen LogP contribution >= 0.6 is 11.3 Å². The minimum absolute atomic E-state index is 0.833. The third-order valence-electron chi connectivity index (χ3n) is 2.29. The first-order valence-electron chi connectivity index (χ1n) is 4.57. The lowest BCUT2D eigenvalue weighted by atomic mass is 10.2. The van der Waals surface area contributed by atoms with Crippen LogP contribution in [0.2, 0.25) is 0 Å². The highest BCUT2D eigenvalue weighted by Gasteiger charge is 2.02. The molecule has 2 heterocycles. The fourth-order valence-electron chi connectivity index (χ4n) is 1.33. The summed E-state index contributed by atoms with van der Waals surface area (Å²) in [5, 5.41) is 7.66. The Balaban J connectivity index is 2.02. The zero-order chi connectivity index (χ0) is 9.97. The van der Waals surface area contributed by atoms with Gasteiger partial charge in [0.2, 0.25) is 0 Å². The fourth-order valence-corrected chi connectivity index (χ4v) is 2.13. The molecule has 0 aliphatic carbocycles. The number of hydrogen-bond acceptors (Lipinski definition) is 3. The zero-order valence-electron chi connectivity index (χ0n) is 8.33. The number of rotatable bonds is 3. The van der Waals surface area contributed by atoms with Crippen LogP contribution in [0.15, 0.2) is 27.5 Å². The lowest BCUT2D eigenvalue weighted by Gasteiger charge is -2.03. The van der Waals surface area contributed by atoms with Gasteiger partial charge in [0.15, 0.2) is 0 Å². The van der Waals surface area contributed by atoms with Crippen LogP contribution in [0.3, 0.4) is 0 Å². The molecular formula is C11H13NOS. The van der Waals surface area contributed by atoms with Crippen LogP contribution in [-0.2, 0) is 6.54 Å². The molecule has 0 bridgehead atoms. The molecule has 2 rings (SSSR count). The minimum atomic E-state index is 0.833. The third-order valence-corrected chi connectivity index (χ3v) is 3.15. The lowest BCUT2D eigenvalue weighted by Crippen LogP contribution is -1.99. The molecule has 74 valence electrons. The molecule has 2 aromatic heterocycles. The smallest absolute Gasteiger partial charge is 0.105 e. The second kappa shape index (κ2) is 3.88. The molecule has 0 saturated heterocycles. The Morgan fingerprint density at radius 2 is 2.21 bits per heavy atom. The van der Waals surface area contributed by atoms with Crippen molar-refractivity contribution in [2.75, 3.05) is 5.32 Å². The van der Waals surface area contributed by atoms with Gasteiger partial charge in [0, 0.05) is 23.2 Å². The molecule has 0 unspecified atom stereocenters. The normalized spacial score (nSPS) is 10.4. The predicted molar refractivity (Wildman–Crippen MR) is 59.8 cm³/mol. The van der Waals surface area contributed by atoms with E-state index >= 15 is 0 Å². The first-order chi connectivity index (χ1) is 6.77. The molecule has 0 aromatic carbocycles. The van der Waals surface area contributed by atoms with Crippen molar-refractivity contribution in [3.05, 3.63) is 40.0 Å². The zero-order valence-corrected chi connectivity index (χ0v) is 9.15. The van der Waals surface area contributed by atoms with Gasteiger partial charge in [-0.3, -0.25) is 0 Å². The quantitative estimate of drug-likeness (QED) is 0.832. The van der Waals surface area contributed by atoms with E-state index in [1.54, 1.807) is 17.6 Å². The van der Waals surface area contributed by atoms with E-state index in [0.29, 0.717) is 0 Å². The van der Waals surface area contributed by atoms with Crippen molar-refractivity contribution < 1.29 is 4.42 Å². The van der Waals surface area contributed by atoms with Gasteiger partial charge < -0.3 is 9.73 Å². The molecule has 2 aromatic rings. The Hall–Kier alpha value is -1.22. The largest absolute Gasteiger partial charge is 0.469 e. The van der Waals surface area contributed by atoms with Gasteiger partial charge in [-0.05, 0) is 30.9 Å². The number of anilines is 1. The molecule has 0 aliphatic heterocycles. The minimum Gasteiger partial charge on any atom is -0.469 e. The predicted octanol–water partition coefficient (Wildman–Crippen LogP) is 3.57. The van der Waals surface area contributed by atoms with E-state index in [2.05, 4.69) is 23.0 Å². The summed E-state index contributed by atoms with van der Waals surface area (Å²) in [6, 6.07) is 2.00. The maximum atomic E-state index is 5.23. The van der Waals surface area contributed by atoms with Crippen LogP contribution < -0.4 is 5.32 Å². The second-order valence-corrected chi connectivity index (χ2v) is 4.07. The Morgan fingerprint density at radius 3 is 2.79 bits per heavy atom. The van der Waals surface area contributed by atoms with Crippen LogP contribution in [-0.4, -0.2) is 0 Å². The molecule has 0 aliphatic rings. The molecule has 0 radical (unpaired) electrons. The van der Waals surface area contributed by atoms with Gasteiger partial charge in [0.1, 0.15) is 5.76 Å². The number of aryl methyl sites for hydroxylation is 2. The van der Waals surface area contributed by atoms with Gasteiger partial charge >= 0.3 is 0 Å². The van der Waals surface area contributed by atoms with Crippen molar-refractivity contribution in [3.63, 3.8) is 0 Å². The van der Waals surface area contributed by atoms with Gasteiger partial charge in [0.25, 0.3) is 0 Å². The van der Waals surface area contributed by atoms with Gasteiger partial charge in [0.05, 0.1) is 6.26 Å². The molecule has 14 heavy (non-hydrogen) atoms. The summed E-state index contributed by atoms with van der Waals surface area (Å²) in [7, 11) is 0. The highest BCUT2D eigenvalue weighted by molar-refractivity contribution is 7.08. The Labute approximate surface area is 87.6 Å². The maximum Gasteiger partial charge on any atom is 0.105 e.